The Hall–Kier alpha value is -0.870. The van der Waals surface area contributed by atoms with Crippen molar-refractivity contribution in [3.63, 3.8) is 0 Å². The summed E-state index contributed by atoms with van der Waals surface area (Å²) in [6.07, 6.45) is 0. The summed E-state index contributed by atoms with van der Waals surface area (Å²) < 4.78 is 5.88. The zero-order valence-electron chi connectivity index (χ0n) is 8.08. The van der Waals surface area contributed by atoms with Gasteiger partial charge in [-0.15, -0.1) is 0 Å². The molecule has 0 amide bonds. The molecule has 0 aromatic heterocycles. The Labute approximate surface area is 91.4 Å². The zero-order chi connectivity index (χ0) is 10.7. The Balaban J connectivity index is 3.20. The Morgan fingerprint density at radius 3 is 2.71 bits per heavy atom. The number of halogens is 1. The number of ether oxygens (including phenoxy) is 1. The number of hydrogen-bond donors (Lipinski definition) is 1. The first kappa shape index (κ1) is 11.2. The summed E-state index contributed by atoms with van der Waals surface area (Å²) in [5.41, 5.74) is 6.03. The maximum absolute atomic E-state index is 11.7. The Kier molecular flexibility index (Phi) is 3.66. The van der Waals surface area contributed by atoms with Gasteiger partial charge < -0.3 is 10.5 Å². The summed E-state index contributed by atoms with van der Waals surface area (Å²) >= 11 is 3.31. The van der Waals surface area contributed by atoms with Crippen molar-refractivity contribution in [1.29, 1.82) is 0 Å². The number of para-hydroxylation sites is 1. The van der Waals surface area contributed by atoms with Crippen LogP contribution in [0.5, 0.6) is 5.75 Å². The second-order valence-corrected chi connectivity index (χ2v) is 3.83. The first-order valence-corrected chi connectivity index (χ1v) is 4.99. The molecule has 0 aliphatic heterocycles. The van der Waals surface area contributed by atoms with E-state index in [-0.39, 0.29) is 5.78 Å². The summed E-state index contributed by atoms with van der Waals surface area (Å²) in [4.78, 5) is 11.7. The standard InChI is InChI=1S/C10H12BrNO2/c1-6(12)9(13)7-4-3-5-8(11)10(7)14-2/h3-6H,12H2,1-2H3. The van der Waals surface area contributed by atoms with E-state index in [9.17, 15) is 4.79 Å². The molecule has 0 bridgehead atoms. The van der Waals surface area contributed by atoms with Gasteiger partial charge in [0, 0.05) is 0 Å². The Morgan fingerprint density at radius 1 is 1.57 bits per heavy atom. The van der Waals surface area contributed by atoms with Gasteiger partial charge in [0.1, 0.15) is 5.75 Å². The first-order chi connectivity index (χ1) is 6.57. The number of carbonyl (C=O) groups is 1. The molecule has 0 spiro atoms. The molecule has 76 valence electrons. The average molecular weight is 258 g/mol. The zero-order valence-corrected chi connectivity index (χ0v) is 9.67. The second kappa shape index (κ2) is 4.57. The predicted molar refractivity (Wildman–Crippen MR) is 58.7 cm³/mol. The Bertz CT molecular complexity index is 350. The van der Waals surface area contributed by atoms with E-state index in [4.69, 9.17) is 10.5 Å². The van der Waals surface area contributed by atoms with Crippen LogP contribution in [0.2, 0.25) is 0 Å². The minimum atomic E-state index is -0.516. The van der Waals surface area contributed by atoms with Gasteiger partial charge in [0.25, 0.3) is 0 Å². The molecule has 1 rings (SSSR count). The van der Waals surface area contributed by atoms with E-state index in [0.717, 1.165) is 4.47 Å². The third-order valence-electron chi connectivity index (χ3n) is 1.85. The molecule has 1 unspecified atom stereocenters. The quantitative estimate of drug-likeness (QED) is 0.843. The monoisotopic (exact) mass is 257 g/mol. The fraction of sp³-hybridized carbons (Fsp3) is 0.300. The van der Waals surface area contributed by atoms with Crippen molar-refractivity contribution >= 4 is 21.7 Å². The molecular formula is C10H12BrNO2. The van der Waals surface area contributed by atoms with Gasteiger partial charge >= 0.3 is 0 Å². The van der Waals surface area contributed by atoms with Crippen LogP contribution >= 0.6 is 15.9 Å². The van der Waals surface area contributed by atoms with Crippen molar-refractivity contribution in [2.45, 2.75) is 13.0 Å². The number of methoxy groups -OCH3 is 1. The van der Waals surface area contributed by atoms with E-state index in [1.54, 1.807) is 19.1 Å². The highest BCUT2D eigenvalue weighted by atomic mass is 79.9. The van der Waals surface area contributed by atoms with Gasteiger partial charge in [-0.2, -0.15) is 0 Å². The van der Waals surface area contributed by atoms with Crippen molar-refractivity contribution in [3.05, 3.63) is 28.2 Å². The maximum atomic E-state index is 11.7. The van der Waals surface area contributed by atoms with Gasteiger partial charge in [-0.3, -0.25) is 4.79 Å². The lowest BCUT2D eigenvalue weighted by molar-refractivity contribution is 0.0965. The van der Waals surface area contributed by atoms with E-state index >= 15 is 0 Å². The molecule has 0 aliphatic rings. The van der Waals surface area contributed by atoms with Crippen LogP contribution in [-0.2, 0) is 0 Å². The molecule has 1 aromatic rings. The van der Waals surface area contributed by atoms with E-state index < -0.39 is 6.04 Å². The van der Waals surface area contributed by atoms with E-state index in [1.165, 1.54) is 7.11 Å². The van der Waals surface area contributed by atoms with Crippen molar-refractivity contribution < 1.29 is 9.53 Å². The smallest absolute Gasteiger partial charge is 0.182 e. The molecular weight excluding hydrogens is 246 g/mol. The lowest BCUT2D eigenvalue weighted by Gasteiger charge is -2.10. The average Bonchev–Trinajstić information content (AvgIpc) is 2.16. The van der Waals surface area contributed by atoms with Crippen LogP contribution in [0, 0.1) is 0 Å². The number of hydrogen-bond acceptors (Lipinski definition) is 3. The lowest BCUT2D eigenvalue weighted by atomic mass is 10.1. The van der Waals surface area contributed by atoms with Gasteiger partial charge in [-0.1, -0.05) is 6.07 Å². The molecule has 0 aliphatic carbocycles. The SMILES string of the molecule is COc1c(Br)cccc1C(=O)C(C)N. The fourth-order valence-corrected chi connectivity index (χ4v) is 1.68. The van der Waals surface area contributed by atoms with Gasteiger partial charge in [0.2, 0.25) is 0 Å². The van der Waals surface area contributed by atoms with Crippen LogP contribution in [0.3, 0.4) is 0 Å². The normalized spacial score (nSPS) is 12.3. The molecule has 1 atom stereocenters. The molecule has 0 saturated heterocycles. The number of carbonyl (C=O) groups excluding carboxylic acids is 1. The molecule has 2 N–H and O–H groups in total. The number of nitrogens with two attached hydrogens (primary N) is 1. The molecule has 0 saturated carbocycles. The van der Waals surface area contributed by atoms with Crippen LogP contribution in [0.15, 0.2) is 22.7 Å². The van der Waals surface area contributed by atoms with E-state index in [2.05, 4.69) is 15.9 Å². The summed E-state index contributed by atoms with van der Waals surface area (Å²) in [5.74, 6) is 0.415. The predicted octanol–water partition coefficient (Wildman–Crippen LogP) is 1.99. The van der Waals surface area contributed by atoms with Crippen LogP contribution < -0.4 is 10.5 Å². The molecule has 0 heterocycles. The largest absolute Gasteiger partial charge is 0.495 e. The highest BCUT2D eigenvalue weighted by Crippen LogP contribution is 2.29. The minimum Gasteiger partial charge on any atom is -0.495 e. The van der Waals surface area contributed by atoms with E-state index in [1.807, 2.05) is 6.07 Å². The molecule has 14 heavy (non-hydrogen) atoms. The highest BCUT2D eigenvalue weighted by molar-refractivity contribution is 9.10. The van der Waals surface area contributed by atoms with Gasteiger partial charge in [0.05, 0.1) is 23.2 Å². The van der Waals surface area contributed by atoms with Crippen molar-refractivity contribution in [2.24, 2.45) is 5.73 Å². The molecule has 3 nitrogen and oxygen atoms in total. The summed E-state index contributed by atoms with van der Waals surface area (Å²) in [6.45, 7) is 1.66. The molecule has 1 aromatic carbocycles. The maximum Gasteiger partial charge on any atom is 0.182 e. The minimum absolute atomic E-state index is 0.122. The third kappa shape index (κ3) is 2.13. The number of Topliss-reactive ketones (excluding diaryl/α,β-unsaturated/α-hetero) is 1. The summed E-state index contributed by atoms with van der Waals surface area (Å²) in [7, 11) is 1.53. The van der Waals surface area contributed by atoms with Crippen molar-refractivity contribution in [3.8, 4) is 5.75 Å². The van der Waals surface area contributed by atoms with Gasteiger partial charge in [0.15, 0.2) is 5.78 Å². The first-order valence-electron chi connectivity index (χ1n) is 4.20. The highest BCUT2D eigenvalue weighted by Gasteiger charge is 2.17. The molecule has 0 radical (unpaired) electrons. The Morgan fingerprint density at radius 2 is 2.21 bits per heavy atom. The topological polar surface area (TPSA) is 52.3 Å². The summed E-state index contributed by atoms with van der Waals surface area (Å²) in [5, 5.41) is 0. The molecule has 0 fully saturated rings. The number of ketones is 1. The lowest BCUT2D eigenvalue weighted by Crippen LogP contribution is -2.27. The number of benzene rings is 1. The van der Waals surface area contributed by atoms with E-state index in [0.29, 0.717) is 11.3 Å². The van der Waals surface area contributed by atoms with Crippen molar-refractivity contribution in [1.82, 2.24) is 0 Å². The number of rotatable bonds is 3. The van der Waals surface area contributed by atoms with Crippen LogP contribution in [0.1, 0.15) is 17.3 Å². The van der Waals surface area contributed by atoms with Gasteiger partial charge in [-0.25, -0.2) is 0 Å². The van der Waals surface area contributed by atoms with Gasteiger partial charge in [-0.05, 0) is 35.0 Å². The molecule has 4 heteroatoms. The second-order valence-electron chi connectivity index (χ2n) is 2.97. The van der Waals surface area contributed by atoms with Crippen molar-refractivity contribution in [2.75, 3.05) is 7.11 Å². The van der Waals surface area contributed by atoms with Crippen LogP contribution in [0.4, 0.5) is 0 Å². The van der Waals surface area contributed by atoms with Crippen LogP contribution in [0.25, 0.3) is 0 Å². The fourth-order valence-electron chi connectivity index (χ4n) is 1.16. The summed E-state index contributed by atoms with van der Waals surface area (Å²) in [6, 6.07) is 4.78. The van der Waals surface area contributed by atoms with Crippen LogP contribution in [-0.4, -0.2) is 18.9 Å². The third-order valence-corrected chi connectivity index (χ3v) is 2.47.